The molecule has 6 heteroatoms. The van der Waals surface area contributed by atoms with Gasteiger partial charge >= 0.3 is 0 Å². The van der Waals surface area contributed by atoms with E-state index in [9.17, 15) is 0 Å². The Morgan fingerprint density at radius 1 is 1.41 bits per heavy atom. The van der Waals surface area contributed by atoms with Gasteiger partial charge in [-0.3, -0.25) is 15.7 Å². The summed E-state index contributed by atoms with van der Waals surface area (Å²) < 4.78 is 4.95. The van der Waals surface area contributed by atoms with Crippen molar-refractivity contribution < 1.29 is 4.74 Å². The molecule has 17 heavy (non-hydrogen) atoms. The van der Waals surface area contributed by atoms with E-state index in [0.29, 0.717) is 24.5 Å². The molecule has 0 radical (unpaired) electrons. The molecule has 92 valence electrons. The van der Waals surface area contributed by atoms with Gasteiger partial charge in [-0.2, -0.15) is 0 Å². The maximum absolute atomic E-state index is 7.23. The van der Waals surface area contributed by atoms with Crippen LogP contribution >= 0.6 is 0 Å². The zero-order valence-corrected chi connectivity index (χ0v) is 9.73. The number of benzene rings is 1. The second kappa shape index (κ2) is 6.49. The van der Waals surface area contributed by atoms with Gasteiger partial charge in [0, 0.05) is 19.3 Å². The van der Waals surface area contributed by atoms with Crippen LogP contribution in [0.25, 0.3) is 0 Å². The van der Waals surface area contributed by atoms with E-state index in [2.05, 4.69) is 5.32 Å². The molecule has 0 aliphatic carbocycles. The summed E-state index contributed by atoms with van der Waals surface area (Å²) in [6.07, 6.45) is 2.12. The van der Waals surface area contributed by atoms with E-state index in [1.54, 1.807) is 19.2 Å². The first-order chi connectivity index (χ1) is 8.22. The third-order valence-corrected chi connectivity index (χ3v) is 2.20. The van der Waals surface area contributed by atoms with Gasteiger partial charge in [-0.1, -0.05) is 0 Å². The summed E-state index contributed by atoms with van der Waals surface area (Å²) in [4.78, 5) is 1.37. The number of rotatable bonds is 7. The lowest BCUT2D eigenvalue weighted by atomic mass is 10.2. The molecule has 1 aromatic carbocycles. The van der Waals surface area contributed by atoms with E-state index in [0.717, 1.165) is 18.4 Å². The highest BCUT2D eigenvalue weighted by Crippen LogP contribution is 2.26. The zero-order valence-electron chi connectivity index (χ0n) is 9.73. The molecule has 0 saturated heterocycles. The lowest BCUT2D eigenvalue weighted by Gasteiger charge is -2.18. The van der Waals surface area contributed by atoms with Gasteiger partial charge in [-0.25, -0.2) is 0 Å². The van der Waals surface area contributed by atoms with E-state index in [4.69, 9.17) is 21.3 Å². The van der Waals surface area contributed by atoms with Crippen LogP contribution in [0.3, 0.4) is 0 Å². The summed E-state index contributed by atoms with van der Waals surface area (Å²) in [5, 5.41) is 17.6. The van der Waals surface area contributed by atoms with Crippen LogP contribution in [0, 0.1) is 10.8 Å². The fourth-order valence-corrected chi connectivity index (χ4v) is 1.38. The second-order valence-corrected chi connectivity index (χ2v) is 3.36. The van der Waals surface area contributed by atoms with Crippen LogP contribution in [0.15, 0.2) is 18.2 Å². The van der Waals surface area contributed by atoms with Gasteiger partial charge in [0.05, 0.1) is 30.7 Å². The van der Waals surface area contributed by atoms with Crippen LogP contribution < -0.4 is 16.0 Å². The lowest BCUT2D eigenvalue weighted by Crippen LogP contribution is -2.20. The normalized spacial score (nSPS) is 9.71. The molecule has 0 atom stereocenters. The van der Waals surface area contributed by atoms with Gasteiger partial charge in [-0.15, -0.1) is 0 Å². The Morgan fingerprint density at radius 2 is 2.12 bits per heavy atom. The number of nitrogens with zero attached hydrogens (tertiary/aromatic N) is 1. The Morgan fingerprint density at radius 3 is 2.71 bits per heavy atom. The zero-order chi connectivity index (χ0) is 12.7. The molecule has 0 bridgehead atoms. The van der Waals surface area contributed by atoms with Gasteiger partial charge in [0.15, 0.2) is 0 Å². The first-order valence-corrected chi connectivity index (χ1v) is 5.14. The standard InChI is InChI=1S/C11H17N5O/c1-17-5-4-15-10-3-2-9(14)6-11(10)16(7-12)8-13/h2-3,6-8,12-13,15H,4-5,14H2,1H3. The van der Waals surface area contributed by atoms with E-state index >= 15 is 0 Å². The van der Waals surface area contributed by atoms with Crippen LogP contribution in [-0.2, 0) is 4.74 Å². The Hall–Kier alpha value is -2.08. The molecule has 5 N–H and O–H groups in total. The number of ether oxygens (including phenoxy) is 1. The van der Waals surface area contributed by atoms with Crippen molar-refractivity contribution >= 4 is 29.7 Å². The van der Waals surface area contributed by atoms with Crippen molar-refractivity contribution in [2.24, 2.45) is 0 Å². The Balaban J connectivity index is 2.94. The van der Waals surface area contributed by atoms with Crippen LogP contribution in [0.4, 0.5) is 17.1 Å². The molecular formula is C11H17N5O. The van der Waals surface area contributed by atoms with Gasteiger partial charge in [0.2, 0.25) is 0 Å². The number of anilines is 3. The summed E-state index contributed by atoms with van der Waals surface area (Å²) in [5.41, 5.74) is 7.77. The number of hydrogen-bond acceptors (Lipinski definition) is 5. The second-order valence-electron chi connectivity index (χ2n) is 3.36. The minimum atomic E-state index is 0.582. The molecule has 0 aliphatic heterocycles. The molecule has 0 saturated carbocycles. The molecule has 1 rings (SSSR count). The van der Waals surface area contributed by atoms with Crippen LogP contribution in [0.2, 0.25) is 0 Å². The minimum absolute atomic E-state index is 0.582. The van der Waals surface area contributed by atoms with Crippen molar-refractivity contribution in [3.05, 3.63) is 18.2 Å². The molecule has 0 aromatic heterocycles. The Labute approximate surface area is 100 Å². The summed E-state index contributed by atoms with van der Waals surface area (Å²) >= 11 is 0. The van der Waals surface area contributed by atoms with Gasteiger partial charge in [-0.05, 0) is 18.2 Å². The van der Waals surface area contributed by atoms with Crippen molar-refractivity contribution in [2.45, 2.75) is 0 Å². The molecule has 1 aromatic rings. The maximum atomic E-state index is 7.23. The average molecular weight is 235 g/mol. The van der Waals surface area contributed by atoms with E-state index < -0.39 is 0 Å². The van der Waals surface area contributed by atoms with E-state index in [-0.39, 0.29) is 0 Å². The fourth-order valence-electron chi connectivity index (χ4n) is 1.38. The van der Waals surface area contributed by atoms with Crippen molar-refractivity contribution in [2.75, 3.05) is 36.2 Å². The quantitative estimate of drug-likeness (QED) is 0.248. The summed E-state index contributed by atoms with van der Waals surface area (Å²) in [5.74, 6) is 0. The molecule has 0 amide bonds. The Bertz CT molecular complexity index is 385. The van der Waals surface area contributed by atoms with Crippen molar-refractivity contribution in [3.8, 4) is 0 Å². The van der Waals surface area contributed by atoms with Crippen LogP contribution in [0.1, 0.15) is 0 Å². The first-order valence-electron chi connectivity index (χ1n) is 5.14. The molecule has 0 aliphatic rings. The molecule has 0 spiro atoms. The predicted molar refractivity (Wildman–Crippen MR) is 71.3 cm³/mol. The summed E-state index contributed by atoms with van der Waals surface area (Å²) in [6, 6.07) is 5.30. The number of methoxy groups -OCH3 is 1. The summed E-state index contributed by atoms with van der Waals surface area (Å²) in [7, 11) is 1.63. The Kier molecular flexibility index (Phi) is 4.96. The molecule has 0 unspecified atom stereocenters. The maximum Gasteiger partial charge on any atom is 0.0915 e. The van der Waals surface area contributed by atoms with Crippen LogP contribution in [-0.4, -0.2) is 32.9 Å². The largest absolute Gasteiger partial charge is 0.399 e. The van der Waals surface area contributed by atoms with E-state index in [1.807, 2.05) is 6.07 Å². The molecule has 0 heterocycles. The number of nitrogen functional groups attached to an aromatic ring is 1. The van der Waals surface area contributed by atoms with Gasteiger partial charge in [0.1, 0.15) is 0 Å². The number of hydrogen-bond donors (Lipinski definition) is 4. The molecule has 0 fully saturated rings. The predicted octanol–water partition coefficient (Wildman–Crippen LogP) is 1.35. The lowest BCUT2D eigenvalue weighted by molar-refractivity contribution is 0.211. The summed E-state index contributed by atoms with van der Waals surface area (Å²) in [6.45, 7) is 1.23. The first kappa shape index (κ1) is 13.0. The number of nitrogens with two attached hydrogens (primary N) is 1. The van der Waals surface area contributed by atoms with Crippen LogP contribution in [0.5, 0.6) is 0 Å². The van der Waals surface area contributed by atoms with Crippen molar-refractivity contribution in [3.63, 3.8) is 0 Å². The van der Waals surface area contributed by atoms with Crippen molar-refractivity contribution in [1.82, 2.24) is 0 Å². The molecular weight excluding hydrogens is 218 g/mol. The average Bonchev–Trinajstić information content (AvgIpc) is 2.33. The minimum Gasteiger partial charge on any atom is -0.399 e. The smallest absolute Gasteiger partial charge is 0.0915 e. The van der Waals surface area contributed by atoms with E-state index in [1.165, 1.54) is 4.90 Å². The topological polar surface area (TPSA) is 98.2 Å². The highest BCUT2D eigenvalue weighted by molar-refractivity contribution is 6.01. The monoisotopic (exact) mass is 235 g/mol. The highest BCUT2D eigenvalue weighted by atomic mass is 16.5. The molecule has 6 nitrogen and oxygen atoms in total. The third-order valence-electron chi connectivity index (χ3n) is 2.20. The van der Waals surface area contributed by atoms with Gasteiger partial charge in [0.25, 0.3) is 0 Å². The van der Waals surface area contributed by atoms with Crippen molar-refractivity contribution in [1.29, 1.82) is 10.8 Å². The third kappa shape index (κ3) is 3.46. The van der Waals surface area contributed by atoms with Gasteiger partial charge < -0.3 is 15.8 Å². The number of nitrogens with one attached hydrogen (secondary N) is 3. The highest BCUT2D eigenvalue weighted by Gasteiger charge is 2.07. The SMILES string of the molecule is COCCNc1ccc(N)cc1N(C=N)C=N. The fraction of sp³-hybridized carbons (Fsp3) is 0.273.